The summed E-state index contributed by atoms with van der Waals surface area (Å²) in [7, 11) is 1.84. The predicted molar refractivity (Wildman–Crippen MR) is 67.0 cm³/mol. The van der Waals surface area contributed by atoms with Crippen LogP contribution in [0.1, 0.15) is 11.4 Å². The van der Waals surface area contributed by atoms with Crippen molar-refractivity contribution in [1.29, 1.82) is 0 Å². The first kappa shape index (κ1) is 14.2. The van der Waals surface area contributed by atoms with E-state index in [9.17, 15) is 13.2 Å². The fourth-order valence-electron chi connectivity index (χ4n) is 1.36. The minimum absolute atomic E-state index is 0.00552. The minimum Gasteiger partial charge on any atom is -0.337 e. The molecule has 0 aliphatic carbocycles. The van der Waals surface area contributed by atoms with Crippen molar-refractivity contribution < 1.29 is 13.2 Å². The molecule has 2 aromatic heterocycles. The molecular weight excluding hydrogens is 299 g/mol. The van der Waals surface area contributed by atoms with Crippen molar-refractivity contribution in [2.24, 2.45) is 7.05 Å². The maximum absolute atomic E-state index is 12.4. The first-order valence-corrected chi connectivity index (χ1v) is 6.56. The fraction of sp³-hybridized carbons (Fsp3) is 0.273. The Morgan fingerprint density at radius 3 is 2.63 bits per heavy atom. The summed E-state index contributed by atoms with van der Waals surface area (Å²) < 4.78 is 39.2. The van der Waals surface area contributed by atoms with E-state index in [2.05, 4.69) is 9.97 Å². The van der Waals surface area contributed by atoms with Gasteiger partial charge in [-0.3, -0.25) is 0 Å². The lowest BCUT2D eigenvalue weighted by atomic mass is 10.3. The smallest absolute Gasteiger partial charge is 0.337 e. The molecule has 0 aliphatic rings. The van der Waals surface area contributed by atoms with Gasteiger partial charge in [0.1, 0.15) is 10.9 Å². The van der Waals surface area contributed by atoms with E-state index in [4.69, 9.17) is 11.6 Å². The standard InChI is InChI=1S/C11H9ClF3N3S/c1-18-3-2-16-9(18)6-19-10-8(12)4-7(5-17-10)11(13,14)15/h2-5H,6H2,1H3. The topological polar surface area (TPSA) is 30.7 Å². The number of hydrogen-bond acceptors (Lipinski definition) is 3. The van der Waals surface area contributed by atoms with Crippen LogP contribution in [0.3, 0.4) is 0 Å². The highest BCUT2D eigenvalue weighted by molar-refractivity contribution is 7.98. The van der Waals surface area contributed by atoms with Crippen molar-refractivity contribution in [3.05, 3.63) is 41.1 Å². The molecule has 0 unspecified atom stereocenters. The number of rotatable bonds is 3. The molecule has 2 rings (SSSR count). The molecule has 0 aromatic carbocycles. The first-order chi connectivity index (χ1) is 8.88. The van der Waals surface area contributed by atoms with E-state index in [0.29, 0.717) is 10.8 Å². The van der Waals surface area contributed by atoms with Gasteiger partial charge in [-0.05, 0) is 6.07 Å². The van der Waals surface area contributed by atoms with E-state index < -0.39 is 11.7 Å². The molecule has 3 nitrogen and oxygen atoms in total. The van der Waals surface area contributed by atoms with E-state index in [1.165, 1.54) is 11.8 Å². The molecule has 0 fully saturated rings. The zero-order valence-corrected chi connectivity index (χ0v) is 11.4. The number of aryl methyl sites for hydroxylation is 1. The zero-order valence-electron chi connectivity index (χ0n) is 9.78. The highest BCUT2D eigenvalue weighted by Gasteiger charge is 2.31. The number of nitrogens with zero attached hydrogens (tertiary/aromatic N) is 3. The van der Waals surface area contributed by atoms with Gasteiger partial charge >= 0.3 is 6.18 Å². The molecule has 0 aliphatic heterocycles. The van der Waals surface area contributed by atoms with Gasteiger partial charge in [-0.25, -0.2) is 9.97 Å². The third-order valence-electron chi connectivity index (χ3n) is 2.39. The SMILES string of the molecule is Cn1ccnc1CSc1ncc(C(F)(F)F)cc1Cl. The summed E-state index contributed by atoms with van der Waals surface area (Å²) >= 11 is 7.05. The lowest BCUT2D eigenvalue weighted by molar-refractivity contribution is -0.137. The van der Waals surface area contributed by atoms with E-state index in [1.54, 1.807) is 12.4 Å². The minimum atomic E-state index is -4.43. The van der Waals surface area contributed by atoms with Crippen LogP contribution < -0.4 is 0 Å². The summed E-state index contributed by atoms with van der Waals surface area (Å²) in [5, 5.41) is 0.353. The van der Waals surface area contributed by atoms with Crippen LogP contribution in [-0.2, 0) is 19.0 Å². The number of imidazole rings is 1. The molecular formula is C11H9ClF3N3S. The second kappa shape index (κ2) is 5.42. The average molecular weight is 308 g/mol. The molecule has 0 bridgehead atoms. The van der Waals surface area contributed by atoms with Crippen LogP contribution >= 0.6 is 23.4 Å². The molecule has 0 amide bonds. The summed E-state index contributed by atoms with van der Waals surface area (Å²) in [6.45, 7) is 0. The van der Waals surface area contributed by atoms with Crippen molar-refractivity contribution in [2.45, 2.75) is 17.0 Å². The monoisotopic (exact) mass is 307 g/mol. The summed E-state index contributed by atoms with van der Waals surface area (Å²) in [5.74, 6) is 1.28. The molecule has 2 aromatic rings. The van der Waals surface area contributed by atoms with Gasteiger partial charge in [0.2, 0.25) is 0 Å². The Hall–Kier alpha value is -1.21. The van der Waals surface area contributed by atoms with Crippen molar-refractivity contribution in [2.75, 3.05) is 0 Å². The summed E-state index contributed by atoms with van der Waals surface area (Å²) in [6.07, 6.45) is -0.207. The lowest BCUT2D eigenvalue weighted by Gasteiger charge is -2.08. The van der Waals surface area contributed by atoms with Gasteiger partial charge in [0.15, 0.2) is 0 Å². The molecule has 19 heavy (non-hydrogen) atoms. The maximum Gasteiger partial charge on any atom is 0.417 e. The largest absolute Gasteiger partial charge is 0.417 e. The van der Waals surface area contributed by atoms with Gasteiger partial charge in [-0.2, -0.15) is 13.2 Å². The Balaban J connectivity index is 2.12. The van der Waals surface area contributed by atoms with Crippen LogP contribution in [0, 0.1) is 0 Å². The van der Waals surface area contributed by atoms with Crippen LogP contribution in [0.15, 0.2) is 29.7 Å². The van der Waals surface area contributed by atoms with Crippen LogP contribution in [0.25, 0.3) is 0 Å². The van der Waals surface area contributed by atoms with Crippen molar-refractivity contribution in [1.82, 2.24) is 14.5 Å². The fourth-order valence-corrected chi connectivity index (χ4v) is 2.55. The van der Waals surface area contributed by atoms with Crippen LogP contribution in [-0.4, -0.2) is 14.5 Å². The van der Waals surface area contributed by atoms with Crippen molar-refractivity contribution in [3.63, 3.8) is 0 Å². The molecule has 0 spiro atoms. The Labute approximate surface area is 116 Å². The van der Waals surface area contributed by atoms with Gasteiger partial charge in [-0.15, -0.1) is 0 Å². The Bertz CT molecular complexity index is 583. The van der Waals surface area contributed by atoms with Crippen LogP contribution in [0.5, 0.6) is 0 Å². The van der Waals surface area contributed by atoms with Crippen LogP contribution in [0.2, 0.25) is 5.02 Å². The normalized spacial score (nSPS) is 11.8. The van der Waals surface area contributed by atoms with Crippen molar-refractivity contribution in [3.8, 4) is 0 Å². The van der Waals surface area contributed by atoms with Crippen molar-refractivity contribution >= 4 is 23.4 Å². The van der Waals surface area contributed by atoms with Gasteiger partial charge in [-0.1, -0.05) is 23.4 Å². The summed E-state index contributed by atoms with van der Waals surface area (Å²) in [5.41, 5.74) is -0.848. The Kier molecular flexibility index (Phi) is 4.05. The number of pyridine rings is 1. The van der Waals surface area contributed by atoms with Gasteiger partial charge < -0.3 is 4.57 Å². The average Bonchev–Trinajstić information content (AvgIpc) is 2.72. The van der Waals surface area contributed by atoms with Crippen LogP contribution in [0.4, 0.5) is 13.2 Å². The molecule has 0 radical (unpaired) electrons. The quantitative estimate of drug-likeness (QED) is 0.809. The molecule has 102 valence electrons. The number of halogens is 4. The molecule has 2 heterocycles. The molecule has 8 heteroatoms. The molecule has 0 saturated carbocycles. The second-order valence-electron chi connectivity index (χ2n) is 3.75. The zero-order chi connectivity index (χ0) is 14.0. The summed E-state index contributed by atoms with van der Waals surface area (Å²) in [4.78, 5) is 7.86. The number of alkyl halides is 3. The summed E-state index contributed by atoms with van der Waals surface area (Å²) in [6, 6.07) is 0.884. The Morgan fingerprint density at radius 1 is 1.37 bits per heavy atom. The van der Waals surface area contributed by atoms with Gasteiger partial charge in [0, 0.05) is 25.6 Å². The molecule has 0 atom stereocenters. The highest BCUT2D eigenvalue weighted by Crippen LogP contribution is 2.34. The van der Waals surface area contributed by atoms with E-state index in [-0.39, 0.29) is 5.02 Å². The van der Waals surface area contributed by atoms with E-state index >= 15 is 0 Å². The Morgan fingerprint density at radius 2 is 2.11 bits per heavy atom. The van der Waals surface area contributed by atoms with E-state index in [1.807, 2.05) is 11.6 Å². The molecule has 0 N–H and O–H groups in total. The van der Waals surface area contributed by atoms with Gasteiger partial charge in [0.05, 0.1) is 16.3 Å². The van der Waals surface area contributed by atoms with Gasteiger partial charge in [0.25, 0.3) is 0 Å². The first-order valence-electron chi connectivity index (χ1n) is 5.19. The predicted octanol–water partition coefficient (Wildman–Crippen LogP) is 3.78. The number of thioether (sulfide) groups is 1. The third-order valence-corrected chi connectivity index (χ3v) is 3.80. The lowest BCUT2D eigenvalue weighted by Crippen LogP contribution is -2.05. The highest BCUT2D eigenvalue weighted by atomic mass is 35.5. The third kappa shape index (κ3) is 3.42. The molecule has 0 saturated heterocycles. The second-order valence-corrected chi connectivity index (χ2v) is 5.12. The maximum atomic E-state index is 12.4. The van der Waals surface area contributed by atoms with E-state index in [0.717, 1.165) is 18.1 Å². The number of aromatic nitrogens is 3. The number of hydrogen-bond donors (Lipinski definition) is 0.